The van der Waals surface area contributed by atoms with Crippen LogP contribution < -0.4 is 10.1 Å². The molecule has 1 atom stereocenters. The highest BCUT2D eigenvalue weighted by molar-refractivity contribution is 7.99. The maximum atomic E-state index is 12.6. The monoisotopic (exact) mass is 516 g/mol. The first-order valence-electron chi connectivity index (χ1n) is 11.6. The second-order valence-electron chi connectivity index (χ2n) is 8.21. The first kappa shape index (κ1) is 26.7. The van der Waals surface area contributed by atoms with Crippen LogP contribution in [0.3, 0.4) is 0 Å². The third-order valence-electron chi connectivity index (χ3n) is 5.41. The van der Waals surface area contributed by atoms with Gasteiger partial charge in [0.2, 0.25) is 5.91 Å². The molecule has 8 nitrogen and oxygen atoms in total. The molecule has 0 saturated carbocycles. The summed E-state index contributed by atoms with van der Waals surface area (Å²) in [6.45, 7) is 10.9. The fourth-order valence-corrected chi connectivity index (χ4v) is 5.27. The molecule has 0 bridgehead atoms. The molecule has 35 heavy (non-hydrogen) atoms. The number of thioether (sulfide) groups is 1. The molecule has 3 rings (SSSR count). The summed E-state index contributed by atoms with van der Waals surface area (Å²) in [4.78, 5) is 25.7. The van der Waals surface area contributed by atoms with Crippen molar-refractivity contribution in [3.8, 4) is 5.75 Å². The summed E-state index contributed by atoms with van der Waals surface area (Å²) >= 11 is 2.67. The number of carbonyl (C=O) groups excluding carboxylic acids is 2. The van der Waals surface area contributed by atoms with Crippen molar-refractivity contribution >= 4 is 40.0 Å². The minimum atomic E-state index is -0.466. The lowest BCUT2D eigenvalue weighted by Gasteiger charge is -2.16. The summed E-state index contributed by atoms with van der Waals surface area (Å²) in [5.74, 6) is 1.36. The Labute approximate surface area is 214 Å². The standard InChI is InChI=1S/C25H32N4O4S2/c1-7-19-13-20(24(31)32-6)23(35-19)26-21(30)14-34-25-28-27-22(29(25)8-2)16(5)33-18-11-9-17(10-12-18)15(3)4/h9-13,15-16H,7-8,14H2,1-6H3,(H,26,30). The number of ether oxygens (including phenoxy) is 2. The fourth-order valence-electron chi connectivity index (χ4n) is 3.46. The molecule has 0 aliphatic rings. The van der Waals surface area contributed by atoms with Gasteiger partial charge in [0, 0.05) is 11.4 Å². The van der Waals surface area contributed by atoms with Gasteiger partial charge in [0.1, 0.15) is 10.8 Å². The molecule has 2 aromatic heterocycles. The fraction of sp³-hybridized carbons (Fsp3) is 0.440. The normalized spacial score (nSPS) is 12.0. The number of esters is 1. The van der Waals surface area contributed by atoms with Crippen LogP contribution >= 0.6 is 23.1 Å². The van der Waals surface area contributed by atoms with Crippen molar-refractivity contribution in [3.05, 3.63) is 52.2 Å². The first-order chi connectivity index (χ1) is 16.8. The third-order valence-corrected chi connectivity index (χ3v) is 7.57. The molecule has 0 fully saturated rings. The van der Waals surface area contributed by atoms with Crippen LogP contribution in [-0.4, -0.2) is 39.5 Å². The van der Waals surface area contributed by atoms with Crippen LogP contribution in [0.5, 0.6) is 5.75 Å². The van der Waals surface area contributed by atoms with Crippen molar-refractivity contribution in [1.29, 1.82) is 0 Å². The zero-order valence-electron chi connectivity index (χ0n) is 21.0. The van der Waals surface area contributed by atoms with Crippen LogP contribution in [0, 0.1) is 0 Å². The van der Waals surface area contributed by atoms with Gasteiger partial charge in [-0.15, -0.1) is 21.5 Å². The highest BCUT2D eigenvalue weighted by Crippen LogP contribution is 2.30. The Bertz CT molecular complexity index is 1150. The molecular formula is C25H32N4O4S2. The molecule has 0 saturated heterocycles. The van der Waals surface area contributed by atoms with E-state index in [4.69, 9.17) is 9.47 Å². The average molecular weight is 517 g/mol. The average Bonchev–Trinajstić information content (AvgIpc) is 3.46. The van der Waals surface area contributed by atoms with Crippen LogP contribution in [0.15, 0.2) is 35.5 Å². The molecule has 3 aromatic rings. The third kappa shape index (κ3) is 6.64. The summed E-state index contributed by atoms with van der Waals surface area (Å²) in [6, 6.07) is 9.84. The number of anilines is 1. The molecule has 0 aliphatic carbocycles. The van der Waals surface area contributed by atoms with E-state index in [2.05, 4.69) is 41.5 Å². The number of nitrogens with zero attached hydrogens (tertiary/aromatic N) is 3. The van der Waals surface area contributed by atoms with Gasteiger partial charge in [0.05, 0.1) is 18.4 Å². The van der Waals surface area contributed by atoms with E-state index >= 15 is 0 Å². The van der Waals surface area contributed by atoms with Crippen molar-refractivity contribution in [1.82, 2.24) is 14.8 Å². The Morgan fingerprint density at radius 3 is 2.46 bits per heavy atom. The predicted molar refractivity (Wildman–Crippen MR) is 140 cm³/mol. The van der Waals surface area contributed by atoms with Gasteiger partial charge in [-0.05, 0) is 49.9 Å². The summed E-state index contributed by atoms with van der Waals surface area (Å²) in [5.41, 5.74) is 1.63. The summed E-state index contributed by atoms with van der Waals surface area (Å²) < 4.78 is 12.9. The second-order valence-corrected chi connectivity index (χ2v) is 10.3. The van der Waals surface area contributed by atoms with E-state index in [0.717, 1.165) is 17.0 Å². The van der Waals surface area contributed by atoms with E-state index in [1.165, 1.54) is 35.8 Å². The topological polar surface area (TPSA) is 95.3 Å². The molecule has 1 unspecified atom stereocenters. The number of nitrogens with one attached hydrogen (secondary N) is 1. The van der Waals surface area contributed by atoms with E-state index < -0.39 is 5.97 Å². The van der Waals surface area contributed by atoms with Crippen molar-refractivity contribution in [2.75, 3.05) is 18.2 Å². The Morgan fingerprint density at radius 2 is 1.86 bits per heavy atom. The maximum Gasteiger partial charge on any atom is 0.340 e. The Balaban J connectivity index is 1.64. The number of hydrogen-bond acceptors (Lipinski definition) is 8. The van der Waals surface area contributed by atoms with Gasteiger partial charge >= 0.3 is 5.97 Å². The summed E-state index contributed by atoms with van der Waals surface area (Å²) in [5, 5.41) is 12.6. The van der Waals surface area contributed by atoms with Gasteiger partial charge in [-0.3, -0.25) is 4.79 Å². The van der Waals surface area contributed by atoms with Gasteiger partial charge in [-0.2, -0.15) is 0 Å². The number of carbonyl (C=O) groups is 2. The van der Waals surface area contributed by atoms with Crippen LogP contribution in [-0.2, 0) is 22.5 Å². The molecule has 1 amide bonds. The Kier molecular flexibility index (Phi) is 9.33. The maximum absolute atomic E-state index is 12.6. The quantitative estimate of drug-likeness (QED) is 0.258. The number of hydrogen-bond donors (Lipinski definition) is 1. The minimum Gasteiger partial charge on any atom is -0.483 e. The number of benzene rings is 1. The van der Waals surface area contributed by atoms with Gasteiger partial charge in [-0.1, -0.05) is 44.7 Å². The molecule has 0 aliphatic heterocycles. The molecular weight excluding hydrogens is 484 g/mol. The van der Waals surface area contributed by atoms with E-state index in [1.54, 1.807) is 6.07 Å². The minimum absolute atomic E-state index is 0.129. The zero-order valence-corrected chi connectivity index (χ0v) is 22.6. The molecule has 10 heteroatoms. The Morgan fingerprint density at radius 1 is 1.14 bits per heavy atom. The molecule has 188 valence electrons. The van der Waals surface area contributed by atoms with Crippen molar-refractivity contribution in [2.24, 2.45) is 0 Å². The van der Waals surface area contributed by atoms with Crippen LogP contribution in [0.2, 0.25) is 0 Å². The van der Waals surface area contributed by atoms with Crippen LogP contribution in [0.1, 0.15) is 73.3 Å². The van der Waals surface area contributed by atoms with E-state index in [-0.39, 0.29) is 17.8 Å². The second kappa shape index (κ2) is 12.2. The van der Waals surface area contributed by atoms with E-state index in [0.29, 0.717) is 34.0 Å². The number of aryl methyl sites for hydroxylation is 1. The smallest absolute Gasteiger partial charge is 0.340 e. The number of amides is 1. The van der Waals surface area contributed by atoms with Crippen molar-refractivity contribution in [3.63, 3.8) is 0 Å². The lowest BCUT2D eigenvalue weighted by molar-refractivity contribution is -0.113. The number of rotatable bonds is 11. The first-order valence-corrected chi connectivity index (χ1v) is 13.4. The zero-order chi connectivity index (χ0) is 25.5. The van der Waals surface area contributed by atoms with Crippen molar-refractivity contribution < 1.29 is 19.1 Å². The summed E-state index contributed by atoms with van der Waals surface area (Å²) in [7, 11) is 1.33. The molecule has 1 N–H and O–H groups in total. The summed E-state index contributed by atoms with van der Waals surface area (Å²) in [6.07, 6.45) is 0.459. The van der Waals surface area contributed by atoms with Crippen LogP contribution in [0.25, 0.3) is 0 Å². The highest BCUT2D eigenvalue weighted by Gasteiger charge is 2.21. The van der Waals surface area contributed by atoms with E-state index in [9.17, 15) is 9.59 Å². The van der Waals surface area contributed by atoms with Gasteiger partial charge in [-0.25, -0.2) is 4.79 Å². The number of thiophene rings is 1. The SMILES string of the molecule is CCc1cc(C(=O)OC)c(NC(=O)CSc2nnc(C(C)Oc3ccc(C(C)C)cc3)n2CC)s1. The molecule has 0 radical (unpaired) electrons. The van der Waals surface area contributed by atoms with E-state index in [1.807, 2.05) is 37.5 Å². The predicted octanol–water partition coefficient (Wildman–Crippen LogP) is 5.70. The Hall–Kier alpha value is -2.85. The lowest BCUT2D eigenvalue weighted by Crippen LogP contribution is -2.16. The van der Waals surface area contributed by atoms with Crippen molar-refractivity contribution in [2.45, 2.75) is 64.8 Å². The van der Waals surface area contributed by atoms with Gasteiger partial charge < -0.3 is 19.4 Å². The largest absolute Gasteiger partial charge is 0.483 e. The highest BCUT2D eigenvalue weighted by atomic mass is 32.2. The molecule has 1 aromatic carbocycles. The van der Waals surface area contributed by atoms with Gasteiger partial charge in [0.15, 0.2) is 17.1 Å². The number of aromatic nitrogens is 3. The van der Waals surface area contributed by atoms with Gasteiger partial charge in [0.25, 0.3) is 0 Å². The lowest BCUT2D eigenvalue weighted by atomic mass is 10.0. The number of methoxy groups -OCH3 is 1. The van der Waals surface area contributed by atoms with Crippen LogP contribution in [0.4, 0.5) is 5.00 Å². The molecule has 2 heterocycles. The molecule has 0 spiro atoms.